The number of hydrogen-bond donors (Lipinski definition) is 3. The summed E-state index contributed by atoms with van der Waals surface area (Å²) in [4.78, 5) is 2.16. The number of nitrogen functional groups attached to an aromatic ring is 1. The number of fused-ring (bicyclic) bond motifs is 8. The molecule has 0 amide bonds. The van der Waals surface area contributed by atoms with Crippen molar-refractivity contribution >= 4 is 21.4 Å². The van der Waals surface area contributed by atoms with Gasteiger partial charge in [0.1, 0.15) is 18.0 Å². The van der Waals surface area contributed by atoms with Gasteiger partial charge in [0.05, 0.1) is 11.5 Å². The van der Waals surface area contributed by atoms with Gasteiger partial charge in [0.25, 0.3) is 0 Å². The first-order valence-corrected chi connectivity index (χ1v) is 13.7. The number of amidine groups is 1. The molecule has 6 rings (SSSR count). The van der Waals surface area contributed by atoms with E-state index in [1.165, 1.54) is 27.8 Å². The van der Waals surface area contributed by atoms with Crippen LogP contribution >= 0.6 is 0 Å². The molecule has 1 saturated heterocycles. The molecule has 3 aromatic rings. The van der Waals surface area contributed by atoms with Crippen molar-refractivity contribution in [2.75, 3.05) is 29.5 Å². The molecule has 3 heterocycles. The molecule has 0 spiro atoms. The average molecular weight is 489 g/mol. The quantitative estimate of drug-likeness (QED) is 0.364. The Balaban J connectivity index is 1.15. The molecule has 1 fully saturated rings. The van der Waals surface area contributed by atoms with Crippen LogP contribution < -0.4 is 16.0 Å². The number of nitrogens with zero attached hydrogens (tertiary/aromatic N) is 1. The summed E-state index contributed by atoms with van der Waals surface area (Å²) < 4.78 is 30.0. The van der Waals surface area contributed by atoms with Crippen LogP contribution in [0, 0.1) is 5.41 Å². The molecular formula is C27H28N4O3S. The van der Waals surface area contributed by atoms with Gasteiger partial charge >= 0.3 is 0 Å². The lowest BCUT2D eigenvalue weighted by Crippen LogP contribution is -2.40. The molecule has 3 aromatic carbocycles. The number of nitrogens with two attached hydrogens (primary N) is 1. The van der Waals surface area contributed by atoms with Gasteiger partial charge in [-0.2, -0.15) is 0 Å². The number of nitrogens with one attached hydrogen (secondary N) is 2. The van der Waals surface area contributed by atoms with Crippen LogP contribution in [-0.2, 0) is 27.7 Å². The Labute approximate surface area is 205 Å². The maximum absolute atomic E-state index is 11.8. The van der Waals surface area contributed by atoms with E-state index >= 15 is 0 Å². The molecule has 180 valence electrons. The fraction of sp³-hybridized carbons (Fsp3) is 0.296. The fourth-order valence-electron chi connectivity index (χ4n) is 5.31. The first kappa shape index (κ1) is 22.3. The van der Waals surface area contributed by atoms with Crippen molar-refractivity contribution < 1.29 is 13.2 Å². The van der Waals surface area contributed by atoms with E-state index in [2.05, 4.69) is 46.6 Å². The number of ether oxygens (including phenoxy) is 1. The number of hydrogen-bond acceptors (Lipinski definition) is 6. The molecule has 2 atom stereocenters. The van der Waals surface area contributed by atoms with Gasteiger partial charge in [-0.15, -0.1) is 0 Å². The molecule has 4 N–H and O–H groups in total. The Morgan fingerprint density at radius 3 is 2.20 bits per heavy atom. The van der Waals surface area contributed by atoms with Crippen molar-refractivity contribution in [1.82, 2.24) is 5.32 Å². The van der Waals surface area contributed by atoms with Gasteiger partial charge < -0.3 is 20.7 Å². The van der Waals surface area contributed by atoms with E-state index < -0.39 is 9.84 Å². The Kier molecular flexibility index (Phi) is 5.40. The minimum Gasteiger partial charge on any atom is -0.384 e. The average Bonchev–Trinajstić information content (AvgIpc) is 3.41. The molecule has 0 aromatic heterocycles. The van der Waals surface area contributed by atoms with Crippen molar-refractivity contribution in [3.63, 3.8) is 0 Å². The van der Waals surface area contributed by atoms with Crippen LogP contribution in [0.3, 0.4) is 0 Å². The topological polar surface area (TPSA) is 109 Å². The van der Waals surface area contributed by atoms with Gasteiger partial charge in [-0.3, -0.25) is 5.41 Å². The predicted molar refractivity (Wildman–Crippen MR) is 137 cm³/mol. The summed E-state index contributed by atoms with van der Waals surface area (Å²) in [6.45, 7) is 2.56. The van der Waals surface area contributed by atoms with E-state index in [-0.39, 0.29) is 29.5 Å². The van der Waals surface area contributed by atoms with Crippen molar-refractivity contribution in [3.8, 4) is 0 Å². The highest BCUT2D eigenvalue weighted by Gasteiger charge is 2.43. The summed E-state index contributed by atoms with van der Waals surface area (Å²) in [5.74, 6) is 0.510. The molecular weight excluding hydrogens is 460 g/mol. The zero-order chi connectivity index (χ0) is 24.2. The highest BCUT2D eigenvalue weighted by molar-refractivity contribution is 7.91. The zero-order valence-corrected chi connectivity index (χ0v) is 20.1. The molecule has 3 aliphatic rings. The lowest BCUT2D eigenvalue weighted by Gasteiger charge is -2.29. The van der Waals surface area contributed by atoms with Gasteiger partial charge in [-0.05, 0) is 45.5 Å². The molecule has 7 nitrogen and oxygen atoms in total. The number of anilines is 1. The van der Waals surface area contributed by atoms with Crippen LogP contribution in [0.5, 0.6) is 0 Å². The largest absolute Gasteiger partial charge is 0.384 e. The second kappa shape index (κ2) is 8.48. The van der Waals surface area contributed by atoms with E-state index in [9.17, 15) is 8.42 Å². The molecule has 0 unspecified atom stereocenters. The van der Waals surface area contributed by atoms with E-state index in [1.54, 1.807) is 0 Å². The first-order chi connectivity index (χ1) is 16.9. The molecule has 35 heavy (non-hydrogen) atoms. The molecule has 0 aliphatic carbocycles. The third kappa shape index (κ3) is 4.11. The van der Waals surface area contributed by atoms with Crippen molar-refractivity contribution in [2.45, 2.75) is 25.3 Å². The van der Waals surface area contributed by atoms with E-state index in [0.717, 1.165) is 29.9 Å². The van der Waals surface area contributed by atoms with Gasteiger partial charge in [0, 0.05) is 37.4 Å². The smallest absolute Gasteiger partial charge is 0.153 e. The predicted octanol–water partition coefficient (Wildman–Crippen LogP) is 3.02. The first-order valence-electron chi connectivity index (χ1n) is 11.9. The zero-order valence-electron chi connectivity index (χ0n) is 19.3. The molecule has 2 bridgehead atoms. The van der Waals surface area contributed by atoms with E-state index in [4.69, 9.17) is 15.9 Å². The standard InChI is InChI=1S/C27H28N4O3S/c28-27(29)19-4-1-17(2-5-19)15-30-16-18-3-7-21-23(13-18)26-24-14-20(6-8-22(24)25(21)34-26)31-9-11-35(32,33)12-10-31/h1-8,13-14,25-26,30H,9-12,15-16H2,(H3,28,29)/t25-,26+/m1/s1. The minimum absolute atomic E-state index is 0.0254. The highest BCUT2D eigenvalue weighted by atomic mass is 32.2. The molecule has 0 radical (unpaired) electrons. The Hall–Kier alpha value is -3.20. The molecule has 8 heteroatoms. The van der Waals surface area contributed by atoms with Crippen LogP contribution in [0.25, 0.3) is 0 Å². The minimum atomic E-state index is -2.91. The van der Waals surface area contributed by atoms with Crippen LogP contribution in [0.2, 0.25) is 0 Å². The summed E-state index contributed by atoms with van der Waals surface area (Å²) >= 11 is 0. The van der Waals surface area contributed by atoms with Crippen molar-refractivity contribution in [1.29, 1.82) is 5.41 Å². The second-order valence-corrected chi connectivity index (χ2v) is 11.8. The molecule has 0 saturated carbocycles. The third-order valence-corrected chi connectivity index (χ3v) is 8.87. The van der Waals surface area contributed by atoms with Gasteiger partial charge in [-0.25, -0.2) is 8.42 Å². The third-order valence-electron chi connectivity index (χ3n) is 7.26. The maximum atomic E-state index is 11.8. The summed E-state index contributed by atoms with van der Waals surface area (Å²) in [7, 11) is -2.91. The van der Waals surface area contributed by atoms with Crippen LogP contribution in [-0.4, -0.2) is 38.8 Å². The van der Waals surface area contributed by atoms with E-state index in [0.29, 0.717) is 13.1 Å². The van der Waals surface area contributed by atoms with Crippen molar-refractivity contribution in [2.24, 2.45) is 5.73 Å². The summed E-state index contributed by atoms with van der Waals surface area (Å²) in [6, 6.07) is 20.8. The lowest BCUT2D eigenvalue weighted by atomic mass is 9.85. The number of rotatable bonds is 6. The summed E-state index contributed by atoms with van der Waals surface area (Å²) in [5.41, 5.74) is 14.6. The van der Waals surface area contributed by atoms with Crippen LogP contribution in [0.4, 0.5) is 5.69 Å². The molecule has 3 aliphatic heterocycles. The summed E-state index contributed by atoms with van der Waals surface area (Å²) in [5, 5.41) is 11.0. The monoisotopic (exact) mass is 488 g/mol. The number of benzene rings is 3. The maximum Gasteiger partial charge on any atom is 0.153 e. The van der Waals surface area contributed by atoms with Crippen LogP contribution in [0.1, 0.15) is 51.2 Å². The number of sulfone groups is 1. The second-order valence-electron chi connectivity index (χ2n) is 9.53. The van der Waals surface area contributed by atoms with Gasteiger partial charge in [-0.1, -0.05) is 48.5 Å². The highest BCUT2D eigenvalue weighted by Crippen LogP contribution is 2.54. The Morgan fingerprint density at radius 1 is 0.886 bits per heavy atom. The van der Waals surface area contributed by atoms with Gasteiger partial charge in [0.2, 0.25) is 0 Å². The SMILES string of the molecule is N=C(N)c1ccc(CNCc2ccc3c(c2)[C@@H]2O[C@H]3c3ccc(N4CCS(=O)(=O)CC4)cc32)cc1. The summed E-state index contributed by atoms with van der Waals surface area (Å²) in [6.07, 6.45) is -0.0971. The normalized spacial score (nSPS) is 21.5. The van der Waals surface area contributed by atoms with E-state index in [1.807, 2.05) is 24.3 Å². The fourth-order valence-corrected chi connectivity index (χ4v) is 6.51. The Bertz CT molecular complexity index is 1400. The Morgan fingerprint density at radius 2 is 1.49 bits per heavy atom. The van der Waals surface area contributed by atoms with Crippen molar-refractivity contribution in [3.05, 3.63) is 99.6 Å². The van der Waals surface area contributed by atoms with Crippen LogP contribution in [0.15, 0.2) is 60.7 Å². The van der Waals surface area contributed by atoms with Gasteiger partial charge in [0.15, 0.2) is 9.84 Å². The lowest BCUT2D eigenvalue weighted by molar-refractivity contribution is 0.0857.